The molecule has 0 aliphatic heterocycles. The Morgan fingerprint density at radius 2 is 1.95 bits per heavy atom. The molecule has 9 heteroatoms. The fourth-order valence-electron chi connectivity index (χ4n) is 3.69. The van der Waals surface area contributed by atoms with Crippen molar-refractivity contribution >= 4 is 62.7 Å². The van der Waals surface area contributed by atoms with E-state index in [-0.39, 0.29) is 10.6 Å². The number of nitro groups is 1. The van der Waals surface area contributed by atoms with Gasteiger partial charge in [0.15, 0.2) is 4.34 Å². The lowest BCUT2D eigenvalue weighted by molar-refractivity contribution is -0.387. The minimum Gasteiger partial charge on any atom is -0.258 e. The van der Waals surface area contributed by atoms with Crippen LogP contribution in [0.15, 0.2) is 98.2 Å². The lowest BCUT2D eigenvalue weighted by atomic mass is 10.1. The van der Waals surface area contributed by atoms with Gasteiger partial charge in [0.05, 0.1) is 25.7 Å². The number of nitro benzene ring substituents is 1. The van der Waals surface area contributed by atoms with Crippen LogP contribution in [0.5, 0.6) is 0 Å². The van der Waals surface area contributed by atoms with Gasteiger partial charge in [-0.15, -0.1) is 11.3 Å². The quantitative estimate of drug-likeness (QED) is 0.0847. The number of pyridine rings is 1. The van der Waals surface area contributed by atoms with Crippen LogP contribution in [0.2, 0.25) is 0 Å². The SMILES string of the molecule is Cc1ccc(CSc2nc3ccc(N=Cc4ccc(Sc5ccccn5)c([N+](=O)[O-])c4)cc3s2)c(C)c1. The van der Waals surface area contributed by atoms with Crippen LogP contribution in [0.4, 0.5) is 11.4 Å². The lowest BCUT2D eigenvalue weighted by Crippen LogP contribution is -1.93. The number of aliphatic imine (C=N–C) groups is 1. The molecule has 0 bridgehead atoms. The minimum atomic E-state index is -0.372. The zero-order valence-corrected chi connectivity index (χ0v) is 22.6. The zero-order valence-electron chi connectivity index (χ0n) is 20.1. The summed E-state index contributed by atoms with van der Waals surface area (Å²) in [6.07, 6.45) is 3.32. The van der Waals surface area contributed by atoms with Gasteiger partial charge >= 0.3 is 0 Å². The van der Waals surface area contributed by atoms with Gasteiger partial charge in [-0.2, -0.15) is 0 Å². The molecule has 0 saturated carbocycles. The van der Waals surface area contributed by atoms with E-state index < -0.39 is 0 Å². The first kappa shape index (κ1) is 25.1. The van der Waals surface area contributed by atoms with E-state index >= 15 is 0 Å². The molecule has 0 spiro atoms. The largest absolute Gasteiger partial charge is 0.283 e. The van der Waals surface area contributed by atoms with Gasteiger partial charge in [-0.25, -0.2) is 9.97 Å². The van der Waals surface area contributed by atoms with Crippen LogP contribution in [0.25, 0.3) is 10.2 Å². The molecule has 3 aromatic carbocycles. The third-order valence-corrected chi connectivity index (χ3v) is 8.82. The van der Waals surface area contributed by atoms with Gasteiger partial charge in [-0.05, 0) is 66.9 Å². The van der Waals surface area contributed by atoms with Crippen LogP contribution < -0.4 is 0 Å². The Labute approximate surface area is 227 Å². The number of rotatable bonds is 8. The minimum absolute atomic E-state index is 0.0305. The van der Waals surface area contributed by atoms with E-state index in [4.69, 9.17) is 4.98 Å². The van der Waals surface area contributed by atoms with Gasteiger partial charge in [0.1, 0.15) is 5.03 Å². The van der Waals surface area contributed by atoms with Crippen molar-refractivity contribution in [2.75, 3.05) is 0 Å². The van der Waals surface area contributed by atoms with E-state index in [2.05, 4.69) is 42.0 Å². The molecule has 0 saturated heterocycles. The molecule has 0 aliphatic carbocycles. The summed E-state index contributed by atoms with van der Waals surface area (Å²) in [6, 6.07) is 23.0. The predicted octanol–water partition coefficient (Wildman–Crippen LogP) is 8.41. The van der Waals surface area contributed by atoms with Crippen molar-refractivity contribution in [2.24, 2.45) is 4.99 Å². The maximum Gasteiger partial charge on any atom is 0.283 e. The molecule has 0 N–H and O–H groups in total. The number of hydrogen-bond donors (Lipinski definition) is 0. The third kappa shape index (κ3) is 6.25. The number of aryl methyl sites for hydroxylation is 2. The average Bonchev–Trinajstić information content (AvgIpc) is 3.30. The van der Waals surface area contributed by atoms with Crippen molar-refractivity contribution in [3.8, 4) is 0 Å². The Morgan fingerprint density at radius 1 is 1.05 bits per heavy atom. The summed E-state index contributed by atoms with van der Waals surface area (Å²) in [5.41, 5.74) is 6.30. The molecule has 0 fully saturated rings. The Balaban J connectivity index is 1.31. The highest BCUT2D eigenvalue weighted by Crippen LogP contribution is 2.35. The van der Waals surface area contributed by atoms with Gasteiger partial charge in [0, 0.05) is 24.2 Å². The van der Waals surface area contributed by atoms with E-state index in [0.717, 1.165) is 26.0 Å². The van der Waals surface area contributed by atoms with Crippen molar-refractivity contribution in [3.05, 3.63) is 111 Å². The van der Waals surface area contributed by atoms with Gasteiger partial charge in [-0.1, -0.05) is 59.4 Å². The molecular weight excluding hydrogens is 521 g/mol. The average molecular weight is 543 g/mol. The van der Waals surface area contributed by atoms with Crippen LogP contribution in [0, 0.1) is 24.0 Å². The molecule has 0 radical (unpaired) electrons. The molecule has 184 valence electrons. The summed E-state index contributed by atoms with van der Waals surface area (Å²) in [7, 11) is 0. The predicted molar refractivity (Wildman–Crippen MR) is 154 cm³/mol. The van der Waals surface area contributed by atoms with Gasteiger partial charge in [0.25, 0.3) is 5.69 Å². The zero-order chi connectivity index (χ0) is 25.8. The van der Waals surface area contributed by atoms with E-state index in [1.54, 1.807) is 47.6 Å². The molecule has 2 heterocycles. The fourth-order valence-corrected chi connectivity index (χ4v) is 6.73. The number of nitrogens with zero attached hydrogens (tertiary/aromatic N) is 4. The second kappa shape index (κ2) is 11.2. The van der Waals surface area contributed by atoms with E-state index in [1.807, 2.05) is 42.5 Å². The maximum absolute atomic E-state index is 11.7. The molecule has 5 rings (SSSR count). The molecular formula is C28H22N4O2S3. The number of thioether (sulfide) groups is 1. The molecule has 0 atom stereocenters. The highest BCUT2D eigenvalue weighted by molar-refractivity contribution is 8.00. The first-order valence-corrected chi connectivity index (χ1v) is 14.1. The van der Waals surface area contributed by atoms with Crippen molar-refractivity contribution in [3.63, 3.8) is 0 Å². The number of fused-ring (bicyclic) bond motifs is 1. The second-order valence-corrected chi connectivity index (χ2v) is 11.7. The van der Waals surface area contributed by atoms with Crippen LogP contribution in [0.3, 0.4) is 0 Å². The smallest absolute Gasteiger partial charge is 0.258 e. The molecule has 0 amide bonds. The Hall–Kier alpha value is -3.53. The first-order chi connectivity index (χ1) is 17.9. The second-order valence-electron chi connectivity index (χ2n) is 8.36. The van der Waals surface area contributed by atoms with Crippen molar-refractivity contribution in [1.82, 2.24) is 9.97 Å². The summed E-state index contributed by atoms with van der Waals surface area (Å²) in [5.74, 6) is 0.879. The Kier molecular flexibility index (Phi) is 7.64. The summed E-state index contributed by atoms with van der Waals surface area (Å²) in [6.45, 7) is 4.25. The van der Waals surface area contributed by atoms with Gasteiger partial charge in [-0.3, -0.25) is 15.1 Å². The van der Waals surface area contributed by atoms with Gasteiger partial charge < -0.3 is 0 Å². The molecule has 0 unspecified atom stereocenters. The monoisotopic (exact) mass is 542 g/mol. The summed E-state index contributed by atoms with van der Waals surface area (Å²) in [5, 5.41) is 12.4. The highest BCUT2D eigenvalue weighted by Gasteiger charge is 2.16. The summed E-state index contributed by atoms with van der Waals surface area (Å²) >= 11 is 4.66. The van der Waals surface area contributed by atoms with Crippen molar-refractivity contribution in [1.29, 1.82) is 0 Å². The third-order valence-electron chi connectivity index (χ3n) is 5.60. The van der Waals surface area contributed by atoms with E-state index in [1.165, 1.54) is 28.5 Å². The normalized spacial score (nSPS) is 11.4. The molecule has 0 aliphatic rings. The fraction of sp³-hybridized carbons (Fsp3) is 0.107. The standard InChI is InChI=1S/C28H22N4O2S3/c1-18-6-8-21(19(2)13-18)17-35-28-31-23-10-9-22(15-26(23)37-28)30-16-20-7-11-25(24(14-20)32(33)34)36-27-5-3-4-12-29-27/h3-16H,17H2,1-2H3. The number of thiazole rings is 1. The van der Waals surface area contributed by atoms with Crippen LogP contribution in [-0.2, 0) is 5.75 Å². The Morgan fingerprint density at radius 3 is 2.73 bits per heavy atom. The van der Waals surface area contributed by atoms with Crippen LogP contribution in [0.1, 0.15) is 22.3 Å². The highest BCUT2D eigenvalue weighted by atomic mass is 32.2. The maximum atomic E-state index is 11.7. The number of hydrogen-bond acceptors (Lipinski definition) is 8. The van der Waals surface area contributed by atoms with Crippen molar-refractivity contribution in [2.45, 2.75) is 33.9 Å². The van der Waals surface area contributed by atoms with E-state index in [9.17, 15) is 10.1 Å². The van der Waals surface area contributed by atoms with Crippen molar-refractivity contribution < 1.29 is 4.92 Å². The first-order valence-electron chi connectivity index (χ1n) is 11.5. The topological polar surface area (TPSA) is 81.3 Å². The Bertz CT molecular complexity index is 1620. The molecule has 5 aromatic rings. The molecule has 6 nitrogen and oxygen atoms in total. The number of benzene rings is 3. The lowest BCUT2D eigenvalue weighted by Gasteiger charge is -2.05. The molecule has 37 heavy (non-hydrogen) atoms. The van der Waals surface area contributed by atoms with E-state index in [0.29, 0.717) is 15.5 Å². The summed E-state index contributed by atoms with van der Waals surface area (Å²) < 4.78 is 2.08. The van der Waals surface area contributed by atoms with Crippen LogP contribution in [-0.4, -0.2) is 21.1 Å². The molecule has 2 aromatic heterocycles. The van der Waals surface area contributed by atoms with Crippen LogP contribution >= 0.6 is 34.9 Å². The summed E-state index contributed by atoms with van der Waals surface area (Å²) in [4.78, 5) is 25.4. The van der Waals surface area contributed by atoms with Gasteiger partial charge in [0.2, 0.25) is 0 Å². The number of aromatic nitrogens is 2.